The Labute approximate surface area is 96.0 Å². The fourth-order valence-corrected chi connectivity index (χ4v) is 2.22. The molecule has 1 aromatic rings. The predicted molar refractivity (Wildman–Crippen MR) is 64.8 cm³/mol. The number of rotatable bonds is 3. The van der Waals surface area contributed by atoms with Gasteiger partial charge >= 0.3 is 0 Å². The average Bonchev–Trinajstić information content (AvgIpc) is 2.30. The van der Waals surface area contributed by atoms with E-state index >= 15 is 0 Å². The summed E-state index contributed by atoms with van der Waals surface area (Å²) in [6, 6.07) is 6.94. The second kappa shape index (κ2) is 5.30. The number of hydrogen-bond acceptors (Lipinski definition) is 2. The Bertz CT molecular complexity index is 315. The quantitative estimate of drug-likeness (QED) is 0.825. The maximum absolute atomic E-state index is 12.7. The van der Waals surface area contributed by atoms with Crippen molar-refractivity contribution in [2.75, 3.05) is 11.9 Å². The lowest BCUT2D eigenvalue weighted by Gasteiger charge is -2.26. The smallest absolute Gasteiger partial charge is 0.123 e. The van der Waals surface area contributed by atoms with Crippen molar-refractivity contribution in [1.82, 2.24) is 0 Å². The van der Waals surface area contributed by atoms with E-state index in [1.165, 1.54) is 25.0 Å². The van der Waals surface area contributed by atoms with E-state index in [1.807, 2.05) is 0 Å². The third-order valence-corrected chi connectivity index (χ3v) is 3.33. The van der Waals surface area contributed by atoms with E-state index in [9.17, 15) is 4.39 Å². The Hall–Kier alpha value is -1.09. The fraction of sp³-hybridized carbons (Fsp3) is 0.538. The van der Waals surface area contributed by atoms with Crippen LogP contribution in [0, 0.1) is 11.7 Å². The summed E-state index contributed by atoms with van der Waals surface area (Å²) in [5.74, 6) is 0.527. The molecule has 0 saturated heterocycles. The average molecular weight is 222 g/mol. The van der Waals surface area contributed by atoms with Crippen molar-refractivity contribution in [3.8, 4) is 0 Å². The summed E-state index contributed by atoms with van der Waals surface area (Å²) in [6.45, 7) is 0.971. The molecule has 16 heavy (non-hydrogen) atoms. The van der Waals surface area contributed by atoms with Crippen molar-refractivity contribution in [2.45, 2.75) is 31.7 Å². The van der Waals surface area contributed by atoms with Crippen LogP contribution in [0.15, 0.2) is 24.3 Å². The van der Waals surface area contributed by atoms with Crippen LogP contribution in [-0.2, 0) is 0 Å². The molecule has 0 unspecified atom stereocenters. The van der Waals surface area contributed by atoms with E-state index in [0.717, 1.165) is 25.1 Å². The van der Waals surface area contributed by atoms with Crippen molar-refractivity contribution in [3.63, 3.8) is 0 Å². The van der Waals surface area contributed by atoms with Gasteiger partial charge in [-0.05, 0) is 55.9 Å². The SMILES string of the molecule is NC1CCC(CNc2ccc(F)cc2)CC1. The predicted octanol–water partition coefficient (Wildman–Crippen LogP) is 2.76. The van der Waals surface area contributed by atoms with Crippen LogP contribution >= 0.6 is 0 Å². The van der Waals surface area contributed by atoms with Crippen molar-refractivity contribution >= 4 is 5.69 Å². The van der Waals surface area contributed by atoms with Gasteiger partial charge in [0.05, 0.1) is 0 Å². The Morgan fingerprint density at radius 3 is 2.38 bits per heavy atom. The molecule has 0 aliphatic heterocycles. The number of benzene rings is 1. The zero-order valence-corrected chi connectivity index (χ0v) is 9.45. The first-order valence-electron chi connectivity index (χ1n) is 5.99. The molecule has 2 rings (SSSR count). The molecule has 1 saturated carbocycles. The summed E-state index contributed by atoms with van der Waals surface area (Å²) < 4.78 is 12.7. The van der Waals surface area contributed by atoms with Crippen LogP contribution in [0.5, 0.6) is 0 Å². The van der Waals surface area contributed by atoms with E-state index in [4.69, 9.17) is 5.73 Å². The number of anilines is 1. The fourth-order valence-electron chi connectivity index (χ4n) is 2.22. The van der Waals surface area contributed by atoms with Crippen molar-refractivity contribution in [2.24, 2.45) is 11.7 Å². The van der Waals surface area contributed by atoms with Crippen molar-refractivity contribution < 1.29 is 4.39 Å². The highest BCUT2D eigenvalue weighted by Gasteiger charge is 2.17. The number of halogens is 1. The molecule has 1 aromatic carbocycles. The van der Waals surface area contributed by atoms with Crippen molar-refractivity contribution in [3.05, 3.63) is 30.1 Å². The van der Waals surface area contributed by atoms with Gasteiger partial charge in [0.15, 0.2) is 0 Å². The standard InChI is InChI=1S/C13H19FN2/c14-11-3-7-13(8-4-11)16-9-10-1-5-12(15)6-2-10/h3-4,7-8,10,12,16H,1-2,5-6,9,15H2. The highest BCUT2D eigenvalue weighted by Crippen LogP contribution is 2.23. The molecule has 3 N–H and O–H groups in total. The van der Waals surface area contributed by atoms with Crippen LogP contribution < -0.4 is 11.1 Å². The van der Waals surface area contributed by atoms with Gasteiger partial charge in [-0.15, -0.1) is 0 Å². The van der Waals surface area contributed by atoms with E-state index < -0.39 is 0 Å². The van der Waals surface area contributed by atoms with Crippen LogP contribution in [0.25, 0.3) is 0 Å². The van der Waals surface area contributed by atoms with Gasteiger partial charge in [0.25, 0.3) is 0 Å². The molecule has 0 radical (unpaired) electrons. The van der Waals surface area contributed by atoms with Gasteiger partial charge in [0.1, 0.15) is 5.82 Å². The lowest BCUT2D eigenvalue weighted by Crippen LogP contribution is -2.29. The van der Waals surface area contributed by atoms with Gasteiger partial charge in [0.2, 0.25) is 0 Å². The summed E-state index contributed by atoms with van der Waals surface area (Å²) >= 11 is 0. The third-order valence-electron chi connectivity index (χ3n) is 3.33. The first-order valence-corrected chi connectivity index (χ1v) is 5.99. The van der Waals surface area contributed by atoms with E-state index in [1.54, 1.807) is 12.1 Å². The summed E-state index contributed by atoms with van der Waals surface area (Å²) in [5, 5.41) is 3.35. The molecule has 0 aromatic heterocycles. The van der Waals surface area contributed by atoms with Crippen LogP contribution in [-0.4, -0.2) is 12.6 Å². The van der Waals surface area contributed by atoms with Gasteiger partial charge in [-0.1, -0.05) is 0 Å². The van der Waals surface area contributed by atoms with Crippen LogP contribution in [0.2, 0.25) is 0 Å². The zero-order valence-electron chi connectivity index (χ0n) is 9.45. The number of nitrogens with two attached hydrogens (primary N) is 1. The molecule has 0 bridgehead atoms. The van der Waals surface area contributed by atoms with Crippen LogP contribution in [0.3, 0.4) is 0 Å². The van der Waals surface area contributed by atoms with Gasteiger partial charge in [-0.3, -0.25) is 0 Å². The Morgan fingerprint density at radius 1 is 1.12 bits per heavy atom. The first kappa shape index (κ1) is 11.4. The number of nitrogens with one attached hydrogen (secondary N) is 1. The second-order valence-corrected chi connectivity index (χ2v) is 4.67. The molecular formula is C13H19FN2. The molecule has 0 spiro atoms. The monoisotopic (exact) mass is 222 g/mol. The molecular weight excluding hydrogens is 203 g/mol. The normalized spacial score (nSPS) is 25.4. The summed E-state index contributed by atoms with van der Waals surface area (Å²) in [4.78, 5) is 0. The molecule has 88 valence electrons. The lowest BCUT2D eigenvalue weighted by molar-refractivity contribution is 0.339. The largest absolute Gasteiger partial charge is 0.385 e. The maximum atomic E-state index is 12.7. The molecule has 1 fully saturated rings. The van der Waals surface area contributed by atoms with Gasteiger partial charge in [-0.25, -0.2) is 4.39 Å². The maximum Gasteiger partial charge on any atom is 0.123 e. The number of hydrogen-bond donors (Lipinski definition) is 2. The molecule has 0 heterocycles. The lowest BCUT2D eigenvalue weighted by atomic mass is 9.86. The third kappa shape index (κ3) is 3.20. The highest BCUT2D eigenvalue weighted by atomic mass is 19.1. The minimum atomic E-state index is -0.186. The molecule has 1 aliphatic rings. The first-order chi connectivity index (χ1) is 7.74. The minimum Gasteiger partial charge on any atom is -0.385 e. The highest BCUT2D eigenvalue weighted by molar-refractivity contribution is 5.42. The van der Waals surface area contributed by atoms with Gasteiger partial charge in [0, 0.05) is 18.3 Å². The summed E-state index contributed by atoms with van der Waals surface area (Å²) in [5.41, 5.74) is 6.86. The van der Waals surface area contributed by atoms with Crippen molar-refractivity contribution in [1.29, 1.82) is 0 Å². The molecule has 3 heteroatoms. The Kier molecular flexibility index (Phi) is 3.78. The summed E-state index contributed by atoms with van der Waals surface area (Å²) in [6.07, 6.45) is 4.68. The van der Waals surface area contributed by atoms with Crippen LogP contribution in [0.4, 0.5) is 10.1 Å². The van der Waals surface area contributed by atoms with E-state index in [2.05, 4.69) is 5.32 Å². The molecule has 0 amide bonds. The minimum absolute atomic E-state index is 0.186. The van der Waals surface area contributed by atoms with Gasteiger partial charge < -0.3 is 11.1 Å². The molecule has 0 atom stereocenters. The van der Waals surface area contributed by atoms with Crippen LogP contribution in [0.1, 0.15) is 25.7 Å². The Morgan fingerprint density at radius 2 is 1.75 bits per heavy atom. The second-order valence-electron chi connectivity index (χ2n) is 4.67. The summed E-state index contributed by atoms with van der Waals surface area (Å²) in [7, 11) is 0. The van der Waals surface area contributed by atoms with E-state index in [-0.39, 0.29) is 5.82 Å². The molecule has 1 aliphatic carbocycles. The molecule has 2 nitrogen and oxygen atoms in total. The van der Waals surface area contributed by atoms with E-state index in [0.29, 0.717) is 12.0 Å². The topological polar surface area (TPSA) is 38.0 Å². The van der Waals surface area contributed by atoms with Gasteiger partial charge in [-0.2, -0.15) is 0 Å². The Balaban J connectivity index is 1.77. The zero-order chi connectivity index (χ0) is 11.4.